The molecule has 0 saturated heterocycles. The van der Waals surface area contributed by atoms with Crippen LogP contribution in [0.15, 0.2) is 40.4 Å². The summed E-state index contributed by atoms with van der Waals surface area (Å²) in [7, 11) is -0.846. The van der Waals surface area contributed by atoms with Crippen LogP contribution in [0.5, 0.6) is 0 Å². The number of anilines is 1. The lowest BCUT2D eigenvalue weighted by atomic mass is 9.79. The molecule has 0 amide bonds. The average Bonchev–Trinajstić information content (AvgIpc) is 2.77. The number of benzene rings is 1. The molecule has 0 aliphatic carbocycles. The summed E-state index contributed by atoms with van der Waals surface area (Å²) >= 11 is 5.88. The van der Waals surface area contributed by atoms with Crippen molar-refractivity contribution in [2.24, 2.45) is 0 Å². The first-order valence-electron chi connectivity index (χ1n) is 6.14. The number of hydrogen-bond donors (Lipinski definition) is 3. The van der Waals surface area contributed by atoms with Crippen molar-refractivity contribution in [2.75, 3.05) is 4.72 Å². The van der Waals surface area contributed by atoms with Crippen LogP contribution >= 0.6 is 24.6 Å². The third kappa shape index (κ3) is 2.81. The summed E-state index contributed by atoms with van der Waals surface area (Å²) in [4.78, 5) is 5.09. The molecule has 2 aromatic rings. The number of aromatic nitrogens is 1. The predicted molar refractivity (Wildman–Crippen MR) is 84.5 cm³/mol. The third-order valence-corrected chi connectivity index (χ3v) is 4.20. The van der Waals surface area contributed by atoms with Crippen LogP contribution in [0.3, 0.4) is 0 Å². The molecule has 4 nitrogen and oxygen atoms in total. The van der Waals surface area contributed by atoms with Crippen molar-refractivity contribution in [1.29, 1.82) is 0 Å². The van der Waals surface area contributed by atoms with Gasteiger partial charge >= 0.3 is 7.12 Å². The molecule has 0 saturated carbocycles. The molecule has 0 spiro atoms. The van der Waals surface area contributed by atoms with E-state index in [1.54, 1.807) is 6.20 Å². The third-order valence-electron chi connectivity index (χ3n) is 3.08. The molecule has 20 heavy (non-hydrogen) atoms. The van der Waals surface area contributed by atoms with E-state index in [2.05, 4.69) is 22.3 Å². The molecule has 0 unspecified atom stereocenters. The molecule has 1 aliphatic rings. The zero-order valence-electron chi connectivity index (χ0n) is 10.8. The number of nitrogens with one attached hydrogen (secondary N) is 1. The van der Waals surface area contributed by atoms with Gasteiger partial charge in [-0.2, -0.15) is 0 Å². The summed E-state index contributed by atoms with van der Waals surface area (Å²) in [5.41, 5.74) is 3.77. The maximum Gasteiger partial charge on any atom is 0.491 e. The monoisotopic (exact) mass is 304 g/mol. The second-order valence-electron chi connectivity index (χ2n) is 4.61. The normalized spacial score (nSPS) is 13.4. The SMILES string of the molecule is Cc1ccnc(SNc2cc3c(cc2S)COB3O)c1. The van der Waals surface area contributed by atoms with E-state index in [0.717, 1.165) is 32.2 Å². The fraction of sp³-hybridized carbons (Fsp3) is 0.154. The largest absolute Gasteiger partial charge is 0.491 e. The van der Waals surface area contributed by atoms with Crippen molar-refractivity contribution in [3.05, 3.63) is 41.6 Å². The molecule has 1 aromatic heterocycles. The van der Waals surface area contributed by atoms with Gasteiger partial charge in [0.05, 0.1) is 12.3 Å². The fourth-order valence-corrected chi connectivity index (χ4v) is 3.11. The van der Waals surface area contributed by atoms with Crippen LogP contribution in [0.2, 0.25) is 0 Å². The zero-order chi connectivity index (χ0) is 14.1. The Labute approximate surface area is 127 Å². The molecule has 2 heterocycles. The molecule has 2 N–H and O–H groups in total. The van der Waals surface area contributed by atoms with Crippen LogP contribution in [0.4, 0.5) is 5.69 Å². The number of thiol groups is 1. The van der Waals surface area contributed by atoms with Crippen molar-refractivity contribution in [1.82, 2.24) is 4.98 Å². The molecular weight excluding hydrogens is 291 g/mol. The summed E-state index contributed by atoms with van der Waals surface area (Å²) in [5.74, 6) is 0. The van der Waals surface area contributed by atoms with Crippen LogP contribution in [-0.4, -0.2) is 17.1 Å². The lowest BCUT2D eigenvalue weighted by molar-refractivity contribution is 0.275. The number of pyridine rings is 1. The van der Waals surface area contributed by atoms with Gasteiger partial charge in [-0.1, -0.05) is 0 Å². The second-order valence-corrected chi connectivity index (χ2v) is 5.92. The van der Waals surface area contributed by atoms with Crippen molar-refractivity contribution in [3.8, 4) is 0 Å². The van der Waals surface area contributed by atoms with Crippen molar-refractivity contribution < 1.29 is 9.68 Å². The second kappa shape index (κ2) is 5.69. The quantitative estimate of drug-likeness (QED) is 0.460. The lowest BCUT2D eigenvalue weighted by Gasteiger charge is -2.10. The Balaban J connectivity index is 1.79. The first-order valence-corrected chi connectivity index (χ1v) is 7.41. The van der Waals surface area contributed by atoms with Crippen LogP contribution in [0.25, 0.3) is 0 Å². The first-order chi connectivity index (χ1) is 9.63. The van der Waals surface area contributed by atoms with Gasteiger partial charge in [0.25, 0.3) is 0 Å². The molecule has 3 rings (SSSR count). The number of fused-ring (bicyclic) bond motifs is 1. The molecule has 102 valence electrons. The highest BCUT2D eigenvalue weighted by atomic mass is 32.2. The van der Waals surface area contributed by atoms with Gasteiger partial charge in [-0.25, -0.2) is 4.98 Å². The van der Waals surface area contributed by atoms with Gasteiger partial charge in [-0.3, -0.25) is 0 Å². The average molecular weight is 304 g/mol. The summed E-state index contributed by atoms with van der Waals surface area (Å²) in [6.07, 6.45) is 1.78. The summed E-state index contributed by atoms with van der Waals surface area (Å²) in [5, 5.41) is 10.6. The van der Waals surface area contributed by atoms with E-state index in [1.807, 2.05) is 31.2 Å². The Morgan fingerprint density at radius 2 is 2.30 bits per heavy atom. The van der Waals surface area contributed by atoms with E-state index in [-0.39, 0.29) is 0 Å². The van der Waals surface area contributed by atoms with Crippen LogP contribution < -0.4 is 10.2 Å². The van der Waals surface area contributed by atoms with Gasteiger partial charge in [-0.15, -0.1) is 12.6 Å². The highest BCUT2D eigenvalue weighted by Crippen LogP contribution is 2.27. The molecule has 1 aliphatic heterocycles. The predicted octanol–water partition coefficient (Wildman–Crippen LogP) is 2.02. The van der Waals surface area contributed by atoms with Crippen LogP contribution in [-0.2, 0) is 11.3 Å². The van der Waals surface area contributed by atoms with Gasteiger partial charge in [0.2, 0.25) is 0 Å². The lowest BCUT2D eigenvalue weighted by Crippen LogP contribution is -2.28. The van der Waals surface area contributed by atoms with Gasteiger partial charge in [0, 0.05) is 23.0 Å². The molecule has 7 heteroatoms. The van der Waals surface area contributed by atoms with Gasteiger partial charge in [0.1, 0.15) is 5.03 Å². The minimum atomic E-state index is -0.846. The first kappa shape index (κ1) is 13.8. The summed E-state index contributed by atoms with van der Waals surface area (Å²) < 4.78 is 8.40. The molecule has 1 aromatic carbocycles. The van der Waals surface area contributed by atoms with Gasteiger partial charge in [0.15, 0.2) is 0 Å². The van der Waals surface area contributed by atoms with Crippen molar-refractivity contribution in [2.45, 2.75) is 23.5 Å². The van der Waals surface area contributed by atoms with E-state index >= 15 is 0 Å². The minimum absolute atomic E-state index is 0.427. The Hall–Kier alpha value is -1.15. The molecule has 0 fully saturated rings. The Kier molecular flexibility index (Phi) is 3.93. The smallest absolute Gasteiger partial charge is 0.423 e. The summed E-state index contributed by atoms with van der Waals surface area (Å²) in [6.45, 7) is 2.45. The Bertz CT molecular complexity index is 654. The van der Waals surface area contributed by atoms with Crippen molar-refractivity contribution in [3.63, 3.8) is 0 Å². The fourth-order valence-electron chi connectivity index (χ4n) is 2.01. The van der Waals surface area contributed by atoms with Gasteiger partial charge < -0.3 is 14.4 Å². The van der Waals surface area contributed by atoms with E-state index in [4.69, 9.17) is 4.65 Å². The molecule has 0 atom stereocenters. The molecule has 0 radical (unpaired) electrons. The van der Waals surface area contributed by atoms with E-state index in [1.165, 1.54) is 11.9 Å². The van der Waals surface area contributed by atoms with Crippen molar-refractivity contribution >= 4 is 42.8 Å². The minimum Gasteiger partial charge on any atom is -0.423 e. The number of hydrogen-bond acceptors (Lipinski definition) is 6. The molecule has 0 bridgehead atoms. The highest BCUT2D eigenvalue weighted by molar-refractivity contribution is 8.00. The van der Waals surface area contributed by atoms with Crippen LogP contribution in [0.1, 0.15) is 11.1 Å². The van der Waals surface area contributed by atoms with E-state index in [9.17, 15) is 5.02 Å². The standard InChI is InChI=1S/C13H13BN2O2S2/c1-8-2-3-15-13(4-8)20-16-11-6-10-9(5-12(11)19)7-18-14(10)17/h2-6,16-17,19H,7H2,1H3. The zero-order valence-corrected chi connectivity index (χ0v) is 12.5. The maximum atomic E-state index is 9.72. The number of nitrogens with zero attached hydrogens (tertiary/aromatic N) is 1. The van der Waals surface area contributed by atoms with E-state index in [0.29, 0.717) is 6.61 Å². The van der Waals surface area contributed by atoms with Gasteiger partial charge in [-0.05, 0) is 47.8 Å². The van der Waals surface area contributed by atoms with Crippen LogP contribution in [0, 0.1) is 6.92 Å². The van der Waals surface area contributed by atoms with E-state index < -0.39 is 7.12 Å². The maximum absolute atomic E-state index is 9.72. The molecular formula is C13H13BN2O2S2. The Morgan fingerprint density at radius 3 is 3.10 bits per heavy atom. The Morgan fingerprint density at radius 1 is 1.45 bits per heavy atom. The topological polar surface area (TPSA) is 54.4 Å². The summed E-state index contributed by atoms with van der Waals surface area (Å²) in [6, 6.07) is 7.75. The number of aryl methyl sites for hydroxylation is 1. The number of rotatable bonds is 3. The highest BCUT2D eigenvalue weighted by Gasteiger charge is 2.28.